The number of hydrogen-bond donors (Lipinski definition) is 1. The molecule has 2 rings (SSSR count). The molecule has 0 saturated heterocycles. The first-order valence-corrected chi connectivity index (χ1v) is 5.34. The van der Waals surface area contributed by atoms with Gasteiger partial charge in [0.15, 0.2) is 5.75 Å². The van der Waals surface area contributed by atoms with Crippen molar-refractivity contribution in [1.82, 2.24) is 4.98 Å². The minimum absolute atomic E-state index is 0.0114. The van der Waals surface area contributed by atoms with Crippen LogP contribution in [0.5, 0.6) is 5.75 Å². The zero-order chi connectivity index (χ0) is 13.8. The molecule has 0 aliphatic carbocycles. The fourth-order valence-electron chi connectivity index (χ4n) is 1.49. The first-order chi connectivity index (χ1) is 9.06. The second-order valence-electron chi connectivity index (χ2n) is 3.71. The monoisotopic (exact) mass is 263 g/mol. The average molecular weight is 263 g/mol. The van der Waals surface area contributed by atoms with Gasteiger partial charge < -0.3 is 10.5 Å². The van der Waals surface area contributed by atoms with Crippen molar-refractivity contribution in [3.05, 3.63) is 58.0 Å². The van der Waals surface area contributed by atoms with Crippen LogP contribution < -0.4 is 10.5 Å². The van der Waals surface area contributed by atoms with Gasteiger partial charge in [0, 0.05) is 0 Å². The van der Waals surface area contributed by atoms with Crippen LogP contribution in [-0.2, 0) is 6.61 Å². The maximum absolute atomic E-state index is 12.9. The van der Waals surface area contributed by atoms with Crippen LogP contribution in [0, 0.1) is 15.9 Å². The summed E-state index contributed by atoms with van der Waals surface area (Å²) in [5.74, 6) is -0.383. The number of halogens is 1. The predicted octanol–water partition coefficient (Wildman–Crippen LogP) is 2.29. The Kier molecular flexibility index (Phi) is 3.56. The second-order valence-corrected chi connectivity index (χ2v) is 3.71. The van der Waals surface area contributed by atoms with E-state index in [-0.39, 0.29) is 12.4 Å². The number of aromatic nitrogens is 1. The number of anilines is 1. The van der Waals surface area contributed by atoms with Gasteiger partial charge >= 0.3 is 5.69 Å². The van der Waals surface area contributed by atoms with E-state index < -0.39 is 16.4 Å². The number of pyridine rings is 1. The molecule has 7 heteroatoms. The van der Waals surface area contributed by atoms with Gasteiger partial charge in [0.1, 0.15) is 18.2 Å². The standard InChI is InChI=1S/C12H10FN3O3/c13-8-4-5-11(10(6-8)16(17)18)19-7-9-2-1-3-12(14)15-9/h1-6H,7H2,(H2,14,15). The summed E-state index contributed by atoms with van der Waals surface area (Å²) in [7, 11) is 0. The van der Waals surface area contributed by atoms with Crippen LogP contribution in [0.1, 0.15) is 5.69 Å². The van der Waals surface area contributed by atoms with Gasteiger partial charge in [-0.15, -0.1) is 0 Å². The third kappa shape index (κ3) is 3.15. The molecule has 19 heavy (non-hydrogen) atoms. The lowest BCUT2D eigenvalue weighted by Gasteiger charge is -2.06. The number of nitro groups is 1. The molecule has 0 aliphatic rings. The Morgan fingerprint density at radius 2 is 2.16 bits per heavy atom. The molecule has 0 bridgehead atoms. The highest BCUT2D eigenvalue weighted by Crippen LogP contribution is 2.28. The Bertz CT molecular complexity index is 619. The maximum atomic E-state index is 12.9. The molecular weight excluding hydrogens is 253 g/mol. The van der Waals surface area contributed by atoms with E-state index in [1.807, 2.05) is 0 Å². The highest BCUT2D eigenvalue weighted by molar-refractivity contribution is 5.46. The van der Waals surface area contributed by atoms with Crippen molar-refractivity contribution in [2.24, 2.45) is 0 Å². The Hall–Kier alpha value is -2.70. The minimum Gasteiger partial charge on any atom is -0.480 e. The molecule has 2 aromatic rings. The molecule has 1 heterocycles. The quantitative estimate of drug-likeness (QED) is 0.675. The largest absolute Gasteiger partial charge is 0.480 e. The smallest absolute Gasteiger partial charge is 0.313 e. The molecule has 1 aromatic heterocycles. The summed E-state index contributed by atoms with van der Waals surface area (Å²) in [6, 6.07) is 8.09. The molecule has 0 unspecified atom stereocenters. The van der Waals surface area contributed by atoms with Crippen molar-refractivity contribution < 1.29 is 14.1 Å². The zero-order valence-electron chi connectivity index (χ0n) is 9.75. The Balaban J connectivity index is 2.17. The van der Waals surface area contributed by atoms with Gasteiger partial charge in [0.2, 0.25) is 0 Å². The molecule has 0 atom stereocenters. The molecule has 0 fully saturated rings. The van der Waals surface area contributed by atoms with Crippen LogP contribution in [0.15, 0.2) is 36.4 Å². The summed E-state index contributed by atoms with van der Waals surface area (Å²) in [6.45, 7) is 0.0114. The molecule has 98 valence electrons. The van der Waals surface area contributed by atoms with Gasteiger partial charge in [0.25, 0.3) is 0 Å². The molecule has 0 amide bonds. The topological polar surface area (TPSA) is 91.3 Å². The average Bonchev–Trinajstić information content (AvgIpc) is 2.37. The van der Waals surface area contributed by atoms with E-state index >= 15 is 0 Å². The molecule has 0 saturated carbocycles. The molecule has 0 radical (unpaired) electrons. The lowest BCUT2D eigenvalue weighted by molar-refractivity contribution is -0.386. The van der Waals surface area contributed by atoms with Crippen LogP contribution in [-0.4, -0.2) is 9.91 Å². The Morgan fingerprint density at radius 1 is 1.37 bits per heavy atom. The fourth-order valence-corrected chi connectivity index (χ4v) is 1.49. The normalized spacial score (nSPS) is 10.2. The van der Waals surface area contributed by atoms with Crippen molar-refractivity contribution in [3.63, 3.8) is 0 Å². The number of hydrogen-bond acceptors (Lipinski definition) is 5. The van der Waals surface area contributed by atoms with E-state index in [9.17, 15) is 14.5 Å². The highest BCUT2D eigenvalue weighted by Gasteiger charge is 2.16. The predicted molar refractivity (Wildman–Crippen MR) is 66.0 cm³/mol. The van der Waals surface area contributed by atoms with Gasteiger partial charge in [-0.05, 0) is 24.3 Å². The van der Waals surface area contributed by atoms with Gasteiger partial charge in [-0.2, -0.15) is 0 Å². The molecule has 1 aromatic carbocycles. The van der Waals surface area contributed by atoms with Crippen molar-refractivity contribution in [1.29, 1.82) is 0 Å². The third-order valence-corrected chi connectivity index (χ3v) is 2.32. The lowest BCUT2D eigenvalue weighted by atomic mass is 10.3. The van der Waals surface area contributed by atoms with E-state index in [4.69, 9.17) is 10.5 Å². The number of nitro benzene ring substituents is 1. The van der Waals surface area contributed by atoms with E-state index in [0.29, 0.717) is 11.5 Å². The first-order valence-electron chi connectivity index (χ1n) is 5.34. The molecular formula is C12H10FN3O3. The molecule has 6 nitrogen and oxygen atoms in total. The van der Waals surface area contributed by atoms with E-state index in [2.05, 4.69) is 4.98 Å². The number of nitrogens with two attached hydrogens (primary N) is 1. The van der Waals surface area contributed by atoms with Crippen molar-refractivity contribution in [3.8, 4) is 5.75 Å². The number of rotatable bonds is 4. The van der Waals surface area contributed by atoms with Crippen LogP contribution >= 0.6 is 0 Å². The van der Waals surface area contributed by atoms with Crippen LogP contribution in [0.2, 0.25) is 0 Å². The number of benzene rings is 1. The lowest BCUT2D eigenvalue weighted by Crippen LogP contribution is -2.02. The highest BCUT2D eigenvalue weighted by atomic mass is 19.1. The van der Waals surface area contributed by atoms with E-state index in [1.165, 1.54) is 6.07 Å². The molecule has 0 spiro atoms. The second kappa shape index (κ2) is 5.30. The van der Waals surface area contributed by atoms with Crippen LogP contribution in [0.4, 0.5) is 15.9 Å². The van der Waals surface area contributed by atoms with E-state index in [1.54, 1.807) is 18.2 Å². The summed E-state index contributed by atoms with van der Waals surface area (Å²) >= 11 is 0. The molecule has 2 N–H and O–H groups in total. The first kappa shape index (κ1) is 12.7. The van der Waals surface area contributed by atoms with Gasteiger partial charge in [-0.3, -0.25) is 10.1 Å². The zero-order valence-corrected chi connectivity index (χ0v) is 9.75. The maximum Gasteiger partial charge on any atom is 0.313 e. The summed E-state index contributed by atoms with van der Waals surface area (Å²) in [5, 5.41) is 10.8. The summed E-state index contributed by atoms with van der Waals surface area (Å²) in [6.07, 6.45) is 0. The van der Waals surface area contributed by atoms with Gasteiger partial charge in [-0.1, -0.05) is 6.07 Å². The number of nitrogens with zero attached hydrogens (tertiary/aromatic N) is 2. The number of nitrogen functional groups attached to an aromatic ring is 1. The Morgan fingerprint density at radius 3 is 2.84 bits per heavy atom. The summed E-state index contributed by atoms with van der Waals surface area (Å²) < 4.78 is 18.2. The fraction of sp³-hybridized carbons (Fsp3) is 0.0833. The van der Waals surface area contributed by atoms with Crippen LogP contribution in [0.3, 0.4) is 0 Å². The van der Waals surface area contributed by atoms with Crippen molar-refractivity contribution >= 4 is 11.5 Å². The van der Waals surface area contributed by atoms with E-state index in [0.717, 1.165) is 12.1 Å². The summed E-state index contributed by atoms with van der Waals surface area (Å²) in [4.78, 5) is 14.0. The SMILES string of the molecule is Nc1cccc(COc2ccc(F)cc2[N+](=O)[O-])n1. The summed E-state index contributed by atoms with van der Waals surface area (Å²) in [5.41, 5.74) is 5.60. The van der Waals surface area contributed by atoms with Gasteiger partial charge in [0.05, 0.1) is 16.7 Å². The number of ether oxygens (including phenoxy) is 1. The third-order valence-electron chi connectivity index (χ3n) is 2.32. The van der Waals surface area contributed by atoms with Crippen LogP contribution in [0.25, 0.3) is 0 Å². The molecule has 0 aliphatic heterocycles. The Labute approximate surface area is 107 Å². The minimum atomic E-state index is -0.703. The van der Waals surface area contributed by atoms with Gasteiger partial charge in [-0.25, -0.2) is 9.37 Å². The van der Waals surface area contributed by atoms with Crippen molar-refractivity contribution in [2.45, 2.75) is 6.61 Å². The van der Waals surface area contributed by atoms with Crippen molar-refractivity contribution in [2.75, 3.05) is 5.73 Å².